The van der Waals surface area contributed by atoms with Crippen LogP contribution in [0.2, 0.25) is 0 Å². The number of nitrogens with one attached hydrogen (secondary N) is 1. The summed E-state index contributed by atoms with van der Waals surface area (Å²) in [5.74, 6) is -0.716. The monoisotopic (exact) mass is 159 g/mol. The van der Waals surface area contributed by atoms with Crippen molar-refractivity contribution in [3.63, 3.8) is 0 Å². The summed E-state index contributed by atoms with van der Waals surface area (Å²) < 4.78 is 9.26. The van der Waals surface area contributed by atoms with E-state index in [2.05, 4.69) is 14.8 Å². The molecule has 1 fully saturated rings. The molecule has 0 aromatic heterocycles. The highest BCUT2D eigenvalue weighted by atomic mass is 16.6. The van der Waals surface area contributed by atoms with Gasteiger partial charge in [0.05, 0.1) is 13.1 Å². The van der Waals surface area contributed by atoms with E-state index in [0.29, 0.717) is 0 Å². The molecule has 0 amide bonds. The van der Waals surface area contributed by atoms with Gasteiger partial charge in [-0.25, -0.2) is 0 Å². The quantitative estimate of drug-likeness (QED) is 0.444. The number of hydrogen-bond donors (Lipinski definition) is 1. The average Bonchev–Trinajstić information content (AvgIpc) is 2.04. The first kappa shape index (κ1) is 8.00. The molecule has 0 spiro atoms. The van der Waals surface area contributed by atoms with Gasteiger partial charge in [0.25, 0.3) is 0 Å². The second kappa shape index (κ2) is 3.92. The van der Waals surface area contributed by atoms with E-state index in [1.165, 1.54) is 0 Å². The van der Waals surface area contributed by atoms with Gasteiger partial charge in [0.2, 0.25) is 0 Å². The minimum atomic E-state index is -0.358. The first-order valence-corrected chi connectivity index (χ1v) is 3.31. The van der Waals surface area contributed by atoms with Crippen molar-refractivity contribution in [1.29, 1.82) is 0 Å². The number of carbonyl (C=O) groups excluding carboxylic acids is 2. The predicted molar refractivity (Wildman–Crippen MR) is 34.8 cm³/mol. The van der Waals surface area contributed by atoms with Crippen LogP contribution in [0.15, 0.2) is 0 Å². The molecule has 0 aromatic carbocycles. The third-order valence-corrected chi connectivity index (χ3v) is 1.15. The summed E-state index contributed by atoms with van der Waals surface area (Å²) >= 11 is 0. The number of cyclic esters (lactones) is 2. The number of carbonyl (C=O) groups is 2. The molecule has 11 heavy (non-hydrogen) atoms. The maximum atomic E-state index is 10.6. The van der Waals surface area contributed by atoms with Gasteiger partial charge in [-0.2, -0.15) is 0 Å². The molecule has 1 aliphatic heterocycles. The van der Waals surface area contributed by atoms with E-state index < -0.39 is 0 Å². The lowest BCUT2D eigenvalue weighted by molar-refractivity contribution is -0.148. The van der Waals surface area contributed by atoms with E-state index >= 15 is 0 Å². The molecule has 1 N–H and O–H groups in total. The van der Waals surface area contributed by atoms with E-state index in [0.717, 1.165) is 0 Å². The van der Waals surface area contributed by atoms with Crippen LogP contribution in [0.25, 0.3) is 0 Å². The summed E-state index contributed by atoms with van der Waals surface area (Å²) in [5.41, 5.74) is 0. The number of ether oxygens (including phenoxy) is 2. The molecule has 62 valence electrons. The molecule has 5 heteroatoms. The first-order valence-electron chi connectivity index (χ1n) is 3.31. The van der Waals surface area contributed by atoms with Gasteiger partial charge in [0.1, 0.15) is 13.2 Å². The zero-order valence-electron chi connectivity index (χ0n) is 5.96. The van der Waals surface area contributed by atoms with Crippen LogP contribution >= 0.6 is 0 Å². The zero-order chi connectivity index (χ0) is 8.10. The second-order valence-electron chi connectivity index (χ2n) is 2.04. The van der Waals surface area contributed by atoms with Crippen LogP contribution in [0.5, 0.6) is 0 Å². The lowest BCUT2D eigenvalue weighted by atomic mass is 10.6. The van der Waals surface area contributed by atoms with Crippen LogP contribution in [0.1, 0.15) is 0 Å². The van der Waals surface area contributed by atoms with Gasteiger partial charge in [0.15, 0.2) is 0 Å². The van der Waals surface area contributed by atoms with Crippen molar-refractivity contribution in [3.8, 4) is 0 Å². The topological polar surface area (TPSA) is 64.6 Å². The van der Waals surface area contributed by atoms with Gasteiger partial charge in [-0.3, -0.25) is 14.9 Å². The molecule has 0 unspecified atom stereocenters. The van der Waals surface area contributed by atoms with Crippen LogP contribution in [0.3, 0.4) is 0 Å². The van der Waals surface area contributed by atoms with Crippen LogP contribution < -0.4 is 5.32 Å². The highest BCUT2D eigenvalue weighted by molar-refractivity contribution is 5.75. The summed E-state index contributed by atoms with van der Waals surface area (Å²) in [6, 6.07) is 0. The van der Waals surface area contributed by atoms with Crippen molar-refractivity contribution in [3.05, 3.63) is 0 Å². The fourth-order valence-electron chi connectivity index (χ4n) is 0.680. The van der Waals surface area contributed by atoms with E-state index in [9.17, 15) is 9.59 Å². The Kier molecular flexibility index (Phi) is 2.85. The van der Waals surface area contributed by atoms with Gasteiger partial charge in [-0.15, -0.1) is 0 Å². The van der Waals surface area contributed by atoms with Crippen LogP contribution in [0, 0.1) is 0 Å². The summed E-state index contributed by atoms with van der Waals surface area (Å²) in [6.45, 7) is 0.419. The fraction of sp³-hybridized carbons (Fsp3) is 0.667. The molecule has 0 bridgehead atoms. The zero-order valence-corrected chi connectivity index (χ0v) is 5.96. The Bertz CT molecular complexity index is 150. The Balaban J connectivity index is 2.35. The van der Waals surface area contributed by atoms with E-state index in [4.69, 9.17) is 0 Å². The minimum Gasteiger partial charge on any atom is -0.461 e. The molecule has 5 nitrogen and oxygen atoms in total. The Hall–Kier alpha value is -1.10. The normalized spacial score (nSPS) is 20.7. The smallest absolute Gasteiger partial charge is 0.320 e. The molecule has 0 atom stereocenters. The van der Waals surface area contributed by atoms with E-state index in [1.807, 2.05) is 0 Å². The molecule has 0 aliphatic carbocycles. The number of esters is 2. The summed E-state index contributed by atoms with van der Waals surface area (Å²) in [4.78, 5) is 21.3. The Morgan fingerprint density at radius 3 is 1.91 bits per heavy atom. The lowest BCUT2D eigenvalue weighted by Gasteiger charge is -2.00. The molecule has 0 radical (unpaired) electrons. The van der Waals surface area contributed by atoms with Crippen molar-refractivity contribution in [2.24, 2.45) is 0 Å². The molecule has 0 saturated carbocycles. The van der Waals surface area contributed by atoms with Gasteiger partial charge >= 0.3 is 11.9 Å². The maximum absolute atomic E-state index is 10.6. The second-order valence-corrected chi connectivity index (χ2v) is 2.04. The van der Waals surface area contributed by atoms with E-state index in [-0.39, 0.29) is 38.2 Å². The molecule has 1 aliphatic rings. The average molecular weight is 159 g/mol. The predicted octanol–water partition coefficient (Wildman–Crippen LogP) is -1.32. The van der Waals surface area contributed by atoms with Crippen molar-refractivity contribution in [2.45, 2.75) is 0 Å². The van der Waals surface area contributed by atoms with Crippen molar-refractivity contribution >= 4 is 11.9 Å². The molecule has 1 rings (SSSR count). The van der Waals surface area contributed by atoms with Gasteiger partial charge in [0, 0.05) is 0 Å². The SMILES string of the molecule is O=C1CNCC(=O)OCCO1. The summed E-state index contributed by atoms with van der Waals surface area (Å²) in [5, 5.41) is 2.58. The molecule has 0 aromatic rings. The van der Waals surface area contributed by atoms with Gasteiger partial charge in [-0.1, -0.05) is 0 Å². The fourth-order valence-corrected chi connectivity index (χ4v) is 0.680. The van der Waals surface area contributed by atoms with Crippen molar-refractivity contribution in [2.75, 3.05) is 26.3 Å². The van der Waals surface area contributed by atoms with Crippen LogP contribution in [0.4, 0.5) is 0 Å². The molecule has 1 heterocycles. The number of rotatable bonds is 0. The van der Waals surface area contributed by atoms with Crippen molar-refractivity contribution in [1.82, 2.24) is 5.32 Å². The van der Waals surface area contributed by atoms with Gasteiger partial charge < -0.3 is 9.47 Å². The third-order valence-electron chi connectivity index (χ3n) is 1.15. The first-order chi connectivity index (χ1) is 5.29. The molecular weight excluding hydrogens is 150 g/mol. The third kappa shape index (κ3) is 2.99. The van der Waals surface area contributed by atoms with Gasteiger partial charge in [-0.05, 0) is 0 Å². The lowest BCUT2D eigenvalue weighted by Crippen LogP contribution is -2.28. The van der Waals surface area contributed by atoms with E-state index in [1.54, 1.807) is 0 Å². The largest absolute Gasteiger partial charge is 0.461 e. The standard InChI is InChI=1S/C6H9NO4/c8-5-3-7-4-6(9)11-2-1-10-5/h7H,1-4H2. The van der Waals surface area contributed by atoms with Crippen LogP contribution in [-0.4, -0.2) is 38.2 Å². The van der Waals surface area contributed by atoms with Crippen molar-refractivity contribution < 1.29 is 19.1 Å². The molecular formula is C6H9NO4. The molecule has 1 saturated heterocycles. The maximum Gasteiger partial charge on any atom is 0.320 e. The van der Waals surface area contributed by atoms with Crippen LogP contribution in [-0.2, 0) is 19.1 Å². The minimum absolute atomic E-state index is 0.0646. The summed E-state index contributed by atoms with van der Waals surface area (Å²) in [6.07, 6.45) is 0. The Morgan fingerprint density at radius 2 is 1.45 bits per heavy atom. The highest BCUT2D eigenvalue weighted by Crippen LogP contribution is 1.84. The Morgan fingerprint density at radius 1 is 1.00 bits per heavy atom. The number of hydrogen-bond acceptors (Lipinski definition) is 5. The summed E-state index contributed by atoms with van der Waals surface area (Å²) in [7, 11) is 0. The highest BCUT2D eigenvalue weighted by Gasteiger charge is 2.09. The Labute approximate surface area is 63.7 Å².